The third kappa shape index (κ3) is 6.35. The third-order valence-corrected chi connectivity index (χ3v) is 3.55. The number of carboxylic acids is 1. The van der Waals surface area contributed by atoms with Gasteiger partial charge in [-0.25, -0.2) is 4.79 Å². The minimum atomic E-state index is -1.06. The van der Waals surface area contributed by atoms with Gasteiger partial charge in [0.2, 0.25) is 5.91 Å². The van der Waals surface area contributed by atoms with E-state index in [4.69, 9.17) is 9.84 Å². The summed E-state index contributed by atoms with van der Waals surface area (Å²) in [6.45, 7) is 5.99. The molecule has 1 aromatic carbocycles. The molecule has 0 aliphatic rings. The molecule has 6 heteroatoms. The summed E-state index contributed by atoms with van der Waals surface area (Å²) in [5, 5.41) is 11.4. The Bertz CT molecular complexity index is 487. The minimum Gasteiger partial charge on any atom is -0.494 e. The summed E-state index contributed by atoms with van der Waals surface area (Å²) in [5.74, 6) is -0.435. The molecule has 1 atom stereocenters. The lowest BCUT2D eigenvalue weighted by atomic mass is 10.2. The Balaban J connectivity index is 2.44. The number of thioether (sulfide) groups is 1. The lowest BCUT2D eigenvalue weighted by Gasteiger charge is -2.12. The van der Waals surface area contributed by atoms with Gasteiger partial charge in [-0.3, -0.25) is 4.79 Å². The van der Waals surface area contributed by atoms with Crippen LogP contribution in [-0.4, -0.2) is 35.4 Å². The molecule has 0 aliphatic heterocycles. The molecule has 21 heavy (non-hydrogen) atoms. The molecule has 0 aliphatic carbocycles. The highest BCUT2D eigenvalue weighted by molar-refractivity contribution is 8.00. The van der Waals surface area contributed by atoms with Crippen LogP contribution in [0.4, 0.5) is 0 Å². The molecule has 0 radical (unpaired) electrons. The molecule has 0 saturated carbocycles. The zero-order valence-electron chi connectivity index (χ0n) is 11.9. The van der Waals surface area contributed by atoms with Crippen molar-refractivity contribution < 1.29 is 19.4 Å². The standard InChI is InChI=1S/C15H19NO4S/c1-3-5-13(15(18)19)16-14(17)10-21-12-8-6-11(7-9-12)20-4-2/h3,6-9,13H,1,4-5,10H2,2H3,(H,16,17)(H,18,19). The van der Waals surface area contributed by atoms with Crippen LogP contribution in [0.1, 0.15) is 13.3 Å². The van der Waals surface area contributed by atoms with Crippen molar-refractivity contribution in [1.82, 2.24) is 5.32 Å². The molecule has 0 aromatic heterocycles. The van der Waals surface area contributed by atoms with Gasteiger partial charge in [0, 0.05) is 4.90 Å². The number of carbonyl (C=O) groups is 2. The number of carboxylic acid groups (broad SMARTS) is 1. The van der Waals surface area contributed by atoms with Crippen LogP contribution in [0.15, 0.2) is 41.8 Å². The fourth-order valence-electron chi connectivity index (χ4n) is 1.57. The number of rotatable bonds is 9. The lowest BCUT2D eigenvalue weighted by molar-refractivity contribution is -0.141. The third-order valence-electron chi connectivity index (χ3n) is 2.54. The minimum absolute atomic E-state index is 0.162. The summed E-state index contributed by atoms with van der Waals surface area (Å²) in [6.07, 6.45) is 1.67. The van der Waals surface area contributed by atoms with E-state index in [0.29, 0.717) is 6.61 Å². The molecule has 1 aromatic rings. The Hall–Kier alpha value is -1.95. The highest BCUT2D eigenvalue weighted by Gasteiger charge is 2.18. The fourth-order valence-corrected chi connectivity index (χ4v) is 2.28. The molecule has 0 fully saturated rings. The molecule has 0 spiro atoms. The first-order valence-electron chi connectivity index (χ1n) is 6.55. The van der Waals surface area contributed by atoms with Crippen LogP contribution >= 0.6 is 11.8 Å². The molecule has 1 amide bonds. The second kappa shape index (κ2) is 9.07. The van der Waals surface area contributed by atoms with E-state index in [-0.39, 0.29) is 18.1 Å². The number of hydrogen-bond donors (Lipinski definition) is 2. The topological polar surface area (TPSA) is 75.6 Å². The summed E-state index contributed by atoms with van der Waals surface area (Å²) in [5.41, 5.74) is 0. The molecular formula is C15H19NO4S. The number of amides is 1. The van der Waals surface area contributed by atoms with E-state index in [2.05, 4.69) is 11.9 Å². The Morgan fingerprint density at radius 3 is 2.62 bits per heavy atom. The van der Waals surface area contributed by atoms with E-state index in [9.17, 15) is 9.59 Å². The van der Waals surface area contributed by atoms with Crippen molar-refractivity contribution in [3.05, 3.63) is 36.9 Å². The first kappa shape index (κ1) is 17.1. The summed E-state index contributed by atoms with van der Waals surface area (Å²) in [4.78, 5) is 23.6. The van der Waals surface area contributed by atoms with E-state index >= 15 is 0 Å². The van der Waals surface area contributed by atoms with Gasteiger partial charge in [0.05, 0.1) is 12.4 Å². The monoisotopic (exact) mass is 309 g/mol. The zero-order valence-corrected chi connectivity index (χ0v) is 12.7. The largest absolute Gasteiger partial charge is 0.494 e. The lowest BCUT2D eigenvalue weighted by Crippen LogP contribution is -2.41. The quantitative estimate of drug-likeness (QED) is 0.541. The van der Waals surface area contributed by atoms with Crippen molar-refractivity contribution in [3.8, 4) is 5.75 Å². The molecule has 0 saturated heterocycles. The smallest absolute Gasteiger partial charge is 0.326 e. The predicted molar refractivity (Wildman–Crippen MR) is 82.7 cm³/mol. The number of carbonyl (C=O) groups excluding carboxylic acids is 1. The van der Waals surface area contributed by atoms with E-state index < -0.39 is 12.0 Å². The van der Waals surface area contributed by atoms with E-state index in [1.165, 1.54) is 17.8 Å². The van der Waals surface area contributed by atoms with Crippen LogP contribution < -0.4 is 10.1 Å². The molecule has 2 N–H and O–H groups in total. The highest BCUT2D eigenvalue weighted by Crippen LogP contribution is 2.21. The summed E-state index contributed by atoms with van der Waals surface area (Å²) in [6, 6.07) is 6.47. The summed E-state index contributed by atoms with van der Waals surface area (Å²) < 4.78 is 5.33. The molecule has 114 valence electrons. The number of aliphatic carboxylic acids is 1. The summed E-state index contributed by atoms with van der Waals surface area (Å²) in [7, 11) is 0. The van der Waals surface area contributed by atoms with Crippen molar-refractivity contribution in [2.45, 2.75) is 24.3 Å². The van der Waals surface area contributed by atoms with Crippen LogP contribution in [-0.2, 0) is 9.59 Å². The Morgan fingerprint density at radius 2 is 2.10 bits per heavy atom. The van der Waals surface area contributed by atoms with Crippen LogP contribution in [0.2, 0.25) is 0 Å². The van der Waals surface area contributed by atoms with E-state index in [1.807, 2.05) is 31.2 Å². The van der Waals surface area contributed by atoms with Gasteiger partial charge < -0.3 is 15.2 Å². The van der Waals surface area contributed by atoms with Gasteiger partial charge >= 0.3 is 5.97 Å². The van der Waals surface area contributed by atoms with Crippen LogP contribution in [0, 0.1) is 0 Å². The maximum atomic E-state index is 11.7. The van der Waals surface area contributed by atoms with Crippen LogP contribution in [0.3, 0.4) is 0 Å². The molecule has 0 heterocycles. The highest BCUT2D eigenvalue weighted by atomic mass is 32.2. The van der Waals surface area contributed by atoms with E-state index in [0.717, 1.165) is 10.6 Å². The molecule has 1 rings (SSSR count). The average molecular weight is 309 g/mol. The Labute approximate surface area is 128 Å². The van der Waals surface area contributed by atoms with Gasteiger partial charge in [-0.2, -0.15) is 0 Å². The van der Waals surface area contributed by atoms with E-state index in [1.54, 1.807) is 0 Å². The fraction of sp³-hybridized carbons (Fsp3) is 0.333. The first-order chi connectivity index (χ1) is 10.1. The number of ether oxygens (including phenoxy) is 1. The maximum absolute atomic E-state index is 11.7. The van der Waals surface area contributed by atoms with Crippen molar-refractivity contribution in [1.29, 1.82) is 0 Å². The maximum Gasteiger partial charge on any atom is 0.326 e. The predicted octanol–water partition coefficient (Wildman–Crippen LogP) is 2.32. The SMILES string of the molecule is C=CCC(NC(=O)CSc1ccc(OCC)cc1)C(=O)O. The van der Waals surface area contributed by atoms with Crippen LogP contribution in [0.25, 0.3) is 0 Å². The molecule has 1 unspecified atom stereocenters. The molecule has 5 nitrogen and oxygen atoms in total. The number of nitrogens with one attached hydrogen (secondary N) is 1. The second-order valence-corrected chi connectivity index (χ2v) is 5.22. The van der Waals surface area contributed by atoms with Gasteiger partial charge in [0.15, 0.2) is 0 Å². The molecular weight excluding hydrogens is 290 g/mol. The first-order valence-corrected chi connectivity index (χ1v) is 7.54. The molecule has 0 bridgehead atoms. The van der Waals surface area contributed by atoms with Gasteiger partial charge in [-0.1, -0.05) is 6.08 Å². The summed E-state index contributed by atoms with van der Waals surface area (Å²) >= 11 is 1.34. The van der Waals surface area contributed by atoms with Gasteiger partial charge in [0.25, 0.3) is 0 Å². The van der Waals surface area contributed by atoms with Gasteiger partial charge in [-0.05, 0) is 37.6 Å². The van der Waals surface area contributed by atoms with Crippen molar-refractivity contribution >= 4 is 23.6 Å². The second-order valence-electron chi connectivity index (χ2n) is 4.18. The van der Waals surface area contributed by atoms with Gasteiger partial charge in [-0.15, -0.1) is 18.3 Å². The number of hydrogen-bond acceptors (Lipinski definition) is 4. The zero-order chi connectivity index (χ0) is 15.7. The van der Waals surface area contributed by atoms with Crippen LogP contribution in [0.5, 0.6) is 5.75 Å². The van der Waals surface area contributed by atoms with Crippen molar-refractivity contribution in [3.63, 3.8) is 0 Å². The van der Waals surface area contributed by atoms with Gasteiger partial charge in [0.1, 0.15) is 11.8 Å². The Kier molecular flexibility index (Phi) is 7.39. The van der Waals surface area contributed by atoms with Crippen molar-refractivity contribution in [2.24, 2.45) is 0 Å². The normalized spacial score (nSPS) is 11.5. The van der Waals surface area contributed by atoms with Crippen molar-refractivity contribution in [2.75, 3.05) is 12.4 Å². The number of benzene rings is 1. The average Bonchev–Trinajstić information content (AvgIpc) is 2.46. The Morgan fingerprint density at radius 1 is 1.43 bits per heavy atom.